The lowest BCUT2D eigenvalue weighted by molar-refractivity contribution is -0.136. The van der Waals surface area contributed by atoms with Crippen molar-refractivity contribution in [3.63, 3.8) is 0 Å². The van der Waals surface area contributed by atoms with E-state index in [1.165, 1.54) is 14.2 Å². The number of methoxy groups -OCH3 is 2. The number of hydrogen-bond acceptors (Lipinski definition) is 4. The minimum absolute atomic E-state index is 0.103. The molecule has 1 aromatic rings. The molecule has 0 aliphatic rings. The first-order valence-electron chi connectivity index (χ1n) is 6.05. The second-order valence-electron chi connectivity index (χ2n) is 4.32. The third kappa shape index (κ3) is 4.53. The first kappa shape index (κ1) is 16.0. The van der Waals surface area contributed by atoms with Crippen molar-refractivity contribution in [2.45, 2.75) is 36.7 Å². The first-order valence-corrected chi connectivity index (χ1v) is 7.26. The lowest BCUT2D eigenvalue weighted by Gasteiger charge is -2.15. The van der Waals surface area contributed by atoms with Gasteiger partial charge in [-0.1, -0.05) is 17.7 Å². The van der Waals surface area contributed by atoms with Crippen LogP contribution in [-0.4, -0.2) is 35.8 Å². The lowest BCUT2D eigenvalue weighted by atomic mass is 10.2. The van der Waals surface area contributed by atoms with E-state index in [-0.39, 0.29) is 12.2 Å². The zero-order valence-corrected chi connectivity index (χ0v) is 12.5. The minimum atomic E-state index is -1.35. The molecule has 106 valence electrons. The van der Waals surface area contributed by atoms with Crippen molar-refractivity contribution >= 4 is 16.6 Å². The molecule has 0 saturated carbocycles. The molecule has 0 aliphatic heterocycles. The Hall–Kier alpha value is -1.04. The fourth-order valence-corrected chi connectivity index (χ4v) is 2.74. The van der Waals surface area contributed by atoms with E-state index in [4.69, 9.17) is 9.47 Å². The van der Waals surface area contributed by atoms with E-state index in [1.54, 1.807) is 19.1 Å². The molecule has 2 atom stereocenters. The van der Waals surface area contributed by atoms with E-state index < -0.39 is 22.3 Å². The minimum Gasteiger partial charge on any atom is -0.355 e. The number of ketones is 1. The molecular formula is C14H20O4S. The molecule has 19 heavy (non-hydrogen) atoms. The van der Waals surface area contributed by atoms with Crippen molar-refractivity contribution < 1.29 is 18.5 Å². The number of aryl methyl sites for hydroxylation is 1. The Bertz CT molecular complexity index is 437. The summed E-state index contributed by atoms with van der Waals surface area (Å²) in [5, 5.41) is -0.574. The largest absolute Gasteiger partial charge is 0.355 e. The Morgan fingerprint density at radius 1 is 1.21 bits per heavy atom. The summed E-state index contributed by atoms with van der Waals surface area (Å²) < 4.78 is 22.2. The van der Waals surface area contributed by atoms with Crippen LogP contribution in [0.5, 0.6) is 0 Å². The number of rotatable bonds is 7. The third-order valence-corrected chi connectivity index (χ3v) is 4.56. The van der Waals surface area contributed by atoms with Gasteiger partial charge < -0.3 is 9.47 Å². The van der Waals surface area contributed by atoms with Gasteiger partial charge in [0.15, 0.2) is 12.1 Å². The summed E-state index contributed by atoms with van der Waals surface area (Å²) in [6.45, 7) is 3.63. The average Bonchev–Trinajstić information content (AvgIpc) is 2.43. The second kappa shape index (κ2) is 7.53. The maximum Gasteiger partial charge on any atom is 0.163 e. The van der Waals surface area contributed by atoms with Crippen molar-refractivity contribution in [3.8, 4) is 0 Å². The van der Waals surface area contributed by atoms with E-state index in [0.29, 0.717) is 4.90 Å². The van der Waals surface area contributed by atoms with Gasteiger partial charge in [-0.3, -0.25) is 9.00 Å². The van der Waals surface area contributed by atoms with E-state index in [9.17, 15) is 9.00 Å². The van der Waals surface area contributed by atoms with Crippen molar-refractivity contribution in [1.82, 2.24) is 0 Å². The fourth-order valence-electron chi connectivity index (χ4n) is 1.59. The highest BCUT2D eigenvalue weighted by Gasteiger charge is 2.24. The van der Waals surface area contributed by atoms with Crippen molar-refractivity contribution in [3.05, 3.63) is 29.8 Å². The highest BCUT2D eigenvalue weighted by molar-refractivity contribution is 7.86. The van der Waals surface area contributed by atoms with E-state index in [1.807, 2.05) is 19.1 Å². The van der Waals surface area contributed by atoms with Gasteiger partial charge in [0.05, 0.1) is 22.5 Å². The van der Waals surface area contributed by atoms with Crippen LogP contribution in [-0.2, 0) is 25.1 Å². The van der Waals surface area contributed by atoms with Crippen LogP contribution < -0.4 is 0 Å². The summed E-state index contributed by atoms with van der Waals surface area (Å²) in [7, 11) is 1.60. The number of ether oxygens (including phenoxy) is 2. The Morgan fingerprint density at radius 3 is 2.21 bits per heavy atom. The molecule has 0 bridgehead atoms. The quantitative estimate of drug-likeness (QED) is 0.719. The molecule has 0 radical (unpaired) electrons. The Morgan fingerprint density at radius 2 is 1.74 bits per heavy atom. The highest BCUT2D eigenvalue weighted by atomic mass is 32.2. The molecule has 5 heteroatoms. The maximum atomic E-state index is 12.3. The molecule has 0 aromatic heterocycles. The highest BCUT2D eigenvalue weighted by Crippen LogP contribution is 2.15. The number of benzene rings is 1. The van der Waals surface area contributed by atoms with Crippen LogP contribution in [0.4, 0.5) is 0 Å². The zero-order valence-electron chi connectivity index (χ0n) is 11.7. The standard InChI is InChI=1S/C14H20O4S/c1-10-5-7-12(8-6-10)19(16)11(2)13(15)9-14(17-3)18-4/h5-8,11,14H,9H2,1-4H3/t11-,19?/m1/s1. The number of hydrogen-bond donors (Lipinski definition) is 0. The predicted octanol–water partition coefficient (Wildman–Crippen LogP) is 2.07. The molecule has 1 unspecified atom stereocenters. The van der Waals surface area contributed by atoms with E-state index >= 15 is 0 Å². The van der Waals surface area contributed by atoms with Crippen LogP contribution >= 0.6 is 0 Å². The molecular weight excluding hydrogens is 264 g/mol. The molecule has 1 rings (SSSR count). The van der Waals surface area contributed by atoms with Gasteiger partial charge in [0.1, 0.15) is 0 Å². The summed E-state index contributed by atoms with van der Waals surface area (Å²) in [6, 6.07) is 7.35. The number of carbonyl (C=O) groups is 1. The van der Waals surface area contributed by atoms with E-state index in [0.717, 1.165) is 5.56 Å². The normalized spacial score (nSPS) is 14.4. The molecule has 4 nitrogen and oxygen atoms in total. The summed E-state index contributed by atoms with van der Waals surface area (Å²) >= 11 is 0. The van der Waals surface area contributed by atoms with Crippen LogP contribution in [0.3, 0.4) is 0 Å². The monoisotopic (exact) mass is 284 g/mol. The van der Waals surface area contributed by atoms with Gasteiger partial charge in [-0.25, -0.2) is 0 Å². The van der Waals surface area contributed by atoms with Gasteiger partial charge in [0.2, 0.25) is 0 Å². The summed E-state index contributed by atoms with van der Waals surface area (Å²) in [6.07, 6.45) is -0.476. The van der Waals surface area contributed by atoms with Crippen LogP contribution in [0.1, 0.15) is 18.9 Å². The smallest absolute Gasteiger partial charge is 0.163 e. The van der Waals surface area contributed by atoms with Gasteiger partial charge in [0, 0.05) is 19.1 Å². The molecule has 0 heterocycles. The SMILES string of the molecule is COC(CC(=O)[C@@H](C)S(=O)c1ccc(C)cc1)OC. The summed E-state index contributed by atoms with van der Waals surface area (Å²) in [5.41, 5.74) is 1.10. The molecule has 0 fully saturated rings. The second-order valence-corrected chi connectivity index (χ2v) is 6.10. The van der Waals surface area contributed by atoms with Gasteiger partial charge in [-0.15, -0.1) is 0 Å². The number of carbonyl (C=O) groups excluding carboxylic acids is 1. The van der Waals surface area contributed by atoms with Gasteiger partial charge in [0.25, 0.3) is 0 Å². The van der Waals surface area contributed by atoms with Gasteiger partial charge in [-0.2, -0.15) is 0 Å². The summed E-state index contributed by atoms with van der Waals surface area (Å²) in [4.78, 5) is 12.7. The Kier molecular flexibility index (Phi) is 6.34. The van der Waals surface area contributed by atoms with Gasteiger partial charge in [-0.05, 0) is 26.0 Å². The van der Waals surface area contributed by atoms with Crippen LogP contribution in [0.2, 0.25) is 0 Å². The molecule has 0 amide bonds. The van der Waals surface area contributed by atoms with Crippen molar-refractivity contribution in [2.75, 3.05) is 14.2 Å². The van der Waals surface area contributed by atoms with Gasteiger partial charge >= 0.3 is 0 Å². The Labute approximate surface area is 116 Å². The van der Waals surface area contributed by atoms with Crippen molar-refractivity contribution in [2.24, 2.45) is 0 Å². The fraction of sp³-hybridized carbons (Fsp3) is 0.500. The topological polar surface area (TPSA) is 52.6 Å². The van der Waals surface area contributed by atoms with Crippen LogP contribution in [0, 0.1) is 6.92 Å². The van der Waals surface area contributed by atoms with Crippen LogP contribution in [0.15, 0.2) is 29.2 Å². The first-order chi connectivity index (χ1) is 8.99. The van der Waals surface area contributed by atoms with Crippen molar-refractivity contribution in [1.29, 1.82) is 0 Å². The molecule has 0 saturated heterocycles. The average molecular weight is 284 g/mol. The predicted molar refractivity (Wildman–Crippen MR) is 74.5 cm³/mol. The lowest BCUT2D eigenvalue weighted by Crippen LogP contribution is -2.28. The third-order valence-electron chi connectivity index (χ3n) is 2.92. The number of Topliss-reactive ketones (excluding diaryl/α,β-unsaturated/α-hetero) is 1. The zero-order chi connectivity index (χ0) is 14.4. The summed E-state index contributed by atoms with van der Waals surface area (Å²) in [5.74, 6) is -0.132. The Balaban J connectivity index is 2.71. The molecule has 0 aliphatic carbocycles. The molecule has 1 aromatic carbocycles. The molecule has 0 N–H and O–H groups in total. The van der Waals surface area contributed by atoms with E-state index in [2.05, 4.69) is 0 Å². The van der Waals surface area contributed by atoms with Crippen LogP contribution in [0.25, 0.3) is 0 Å². The molecule has 0 spiro atoms. The maximum absolute atomic E-state index is 12.3.